The number of esters is 1. The lowest BCUT2D eigenvalue weighted by molar-refractivity contribution is -0.148. The highest BCUT2D eigenvalue weighted by molar-refractivity contribution is 8.00. The van der Waals surface area contributed by atoms with Crippen molar-refractivity contribution in [2.45, 2.75) is 102 Å². The molecule has 2 fully saturated rings. The summed E-state index contributed by atoms with van der Waals surface area (Å²) in [6, 6.07) is 7.62. The minimum Gasteiger partial charge on any atom is -0.464 e. The molecule has 178 valence electrons. The van der Waals surface area contributed by atoms with Gasteiger partial charge in [0.2, 0.25) is 0 Å². The summed E-state index contributed by atoms with van der Waals surface area (Å²) >= 11 is 1.78. The van der Waals surface area contributed by atoms with E-state index in [0.29, 0.717) is 23.8 Å². The van der Waals surface area contributed by atoms with Crippen LogP contribution in [0.2, 0.25) is 0 Å². The zero-order chi connectivity index (χ0) is 22.8. The molecule has 1 heterocycles. The van der Waals surface area contributed by atoms with Crippen LogP contribution in [0.25, 0.3) is 0 Å². The fraction of sp³-hybridized carbons (Fsp3) is 0.704. The maximum atomic E-state index is 13.7. The van der Waals surface area contributed by atoms with E-state index in [1.165, 1.54) is 50.5 Å². The van der Waals surface area contributed by atoms with Gasteiger partial charge in [0.1, 0.15) is 6.04 Å². The number of rotatable bonds is 11. The summed E-state index contributed by atoms with van der Waals surface area (Å²) in [5, 5.41) is 0.0836. The molecule has 0 spiro atoms. The van der Waals surface area contributed by atoms with Gasteiger partial charge in [-0.15, -0.1) is 11.8 Å². The van der Waals surface area contributed by atoms with Crippen molar-refractivity contribution in [1.29, 1.82) is 0 Å². The Morgan fingerprint density at radius 3 is 2.38 bits per heavy atom. The maximum Gasteiger partial charge on any atom is 0.329 e. The van der Waals surface area contributed by atoms with Crippen molar-refractivity contribution in [2.75, 3.05) is 12.4 Å². The molecule has 0 unspecified atom stereocenters. The normalized spacial score (nSPS) is 21.6. The molecular weight excluding hydrogens is 418 g/mol. The number of nitrogens with zero attached hydrogens (tertiary/aromatic N) is 1. The van der Waals surface area contributed by atoms with Crippen molar-refractivity contribution >= 4 is 23.6 Å². The number of hydrogen-bond donors (Lipinski definition) is 0. The minimum absolute atomic E-state index is 0.0134. The van der Waals surface area contributed by atoms with Crippen LogP contribution in [0.15, 0.2) is 24.3 Å². The lowest BCUT2D eigenvalue weighted by Gasteiger charge is -2.35. The van der Waals surface area contributed by atoms with Crippen molar-refractivity contribution in [3.8, 4) is 0 Å². The average Bonchev–Trinajstić information content (AvgIpc) is 3.28. The molecule has 4 nitrogen and oxygen atoms in total. The fourth-order valence-electron chi connectivity index (χ4n) is 4.88. The third kappa shape index (κ3) is 6.76. The van der Waals surface area contributed by atoms with E-state index in [1.54, 1.807) is 11.8 Å². The van der Waals surface area contributed by atoms with Crippen molar-refractivity contribution in [1.82, 2.24) is 4.90 Å². The van der Waals surface area contributed by atoms with E-state index in [0.717, 1.165) is 32.1 Å². The van der Waals surface area contributed by atoms with E-state index in [1.807, 2.05) is 17.0 Å². The fourth-order valence-corrected chi connectivity index (χ4v) is 6.50. The predicted molar refractivity (Wildman–Crippen MR) is 133 cm³/mol. The number of aryl methyl sites for hydroxylation is 1. The highest BCUT2D eigenvalue weighted by atomic mass is 32.2. The number of ether oxygens (including phenoxy) is 1. The maximum absolute atomic E-state index is 13.7. The first-order valence-electron chi connectivity index (χ1n) is 12.9. The summed E-state index contributed by atoms with van der Waals surface area (Å²) in [5.74, 6) is 0.877. The molecule has 0 radical (unpaired) electrons. The topological polar surface area (TPSA) is 46.6 Å². The van der Waals surface area contributed by atoms with E-state index < -0.39 is 6.04 Å². The highest BCUT2D eigenvalue weighted by Gasteiger charge is 2.45. The average molecular weight is 460 g/mol. The van der Waals surface area contributed by atoms with Gasteiger partial charge in [-0.05, 0) is 55.7 Å². The van der Waals surface area contributed by atoms with Crippen molar-refractivity contribution in [2.24, 2.45) is 5.92 Å². The number of carbonyl (C=O) groups is 2. The van der Waals surface area contributed by atoms with Crippen LogP contribution in [0.4, 0.5) is 0 Å². The Morgan fingerprint density at radius 1 is 0.969 bits per heavy atom. The molecule has 3 rings (SSSR count). The van der Waals surface area contributed by atoms with Gasteiger partial charge in [0.05, 0.1) is 12.0 Å². The van der Waals surface area contributed by atoms with Crippen molar-refractivity contribution < 1.29 is 14.3 Å². The molecule has 1 aromatic rings. The quantitative estimate of drug-likeness (QED) is 0.276. The number of carbonyl (C=O) groups excluding carboxylic acids is 2. The number of amides is 1. The van der Waals surface area contributed by atoms with Crippen LogP contribution in [0.5, 0.6) is 0 Å². The molecule has 0 aromatic heterocycles. The van der Waals surface area contributed by atoms with Gasteiger partial charge in [0.25, 0.3) is 5.91 Å². The monoisotopic (exact) mass is 459 g/mol. The van der Waals surface area contributed by atoms with Gasteiger partial charge in [-0.2, -0.15) is 0 Å². The number of hydrogen-bond acceptors (Lipinski definition) is 4. The summed E-state index contributed by atoms with van der Waals surface area (Å²) in [7, 11) is 0. The van der Waals surface area contributed by atoms with Gasteiger partial charge < -0.3 is 9.64 Å². The van der Waals surface area contributed by atoms with Crippen LogP contribution >= 0.6 is 11.8 Å². The number of unbranched alkanes of at least 4 members (excludes halogenated alkanes) is 4. The Hall–Kier alpha value is -1.49. The van der Waals surface area contributed by atoms with Crippen LogP contribution in [-0.2, 0) is 16.0 Å². The van der Waals surface area contributed by atoms with Crippen molar-refractivity contribution in [3.05, 3.63) is 35.4 Å². The first-order chi connectivity index (χ1) is 15.7. The van der Waals surface area contributed by atoms with Gasteiger partial charge in [0.15, 0.2) is 0 Å². The molecule has 2 aliphatic rings. The smallest absolute Gasteiger partial charge is 0.329 e. The SMILES string of the molecule is CCCCCCc1ccc(C(=O)N2[C@@H](C(=O)OCCCC)CS[C@H]2C2CCCCC2)cc1. The molecule has 0 N–H and O–H groups in total. The first kappa shape index (κ1) is 25.1. The second-order valence-electron chi connectivity index (χ2n) is 9.38. The summed E-state index contributed by atoms with van der Waals surface area (Å²) in [4.78, 5) is 28.4. The van der Waals surface area contributed by atoms with Gasteiger partial charge >= 0.3 is 5.97 Å². The van der Waals surface area contributed by atoms with Gasteiger partial charge in [-0.25, -0.2) is 4.79 Å². The van der Waals surface area contributed by atoms with Crippen LogP contribution in [0.1, 0.15) is 100 Å². The number of thioether (sulfide) groups is 1. The summed E-state index contributed by atoms with van der Waals surface area (Å²) in [6.07, 6.45) is 13.9. The van der Waals surface area contributed by atoms with Crippen LogP contribution in [0, 0.1) is 5.92 Å². The van der Waals surface area contributed by atoms with Crippen LogP contribution in [-0.4, -0.2) is 40.6 Å². The molecule has 1 aliphatic heterocycles. The van der Waals surface area contributed by atoms with Crippen molar-refractivity contribution in [3.63, 3.8) is 0 Å². The summed E-state index contributed by atoms with van der Waals surface area (Å²) in [5.41, 5.74) is 1.98. The largest absolute Gasteiger partial charge is 0.464 e. The Bertz CT molecular complexity index is 714. The zero-order valence-corrected chi connectivity index (χ0v) is 20.8. The Morgan fingerprint density at radius 2 is 1.69 bits per heavy atom. The predicted octanol–water partition coefficient (Wildman–Crippen LogP) is 6.62. The van der Waals surface area contributed by atoms with Gasteiger partial charge in [0, 0.05) is 11.3 Å². The molecule has 2 atom stereocenters. The Balaban J connectivity index is 1.71. The summed E-state index contributed by atoms with van der Waals surface area (Å²) < 4.78 is 5.56. The lowest BCUT2D eigenvalue weighted by atomic mass is 9.88. The summed E-state index contributed by atoms with van der Waals surface area (Å²) in [6.45, 7) is 4.76. The van der Waals surface area contributed by atoms with E-state index >= 15 is 0 Å². The lowest BCUT2D eigenvalue weighted by Crippen LogP contribution is -2.48. The first-order valence-corrected chi connectivity index (χ1v) is 13.9. The van der Waals surface area contributed by atoms with Gasteiger partial charge in [-0.3, -0.25) is 4.79 Å². The minimum atomic E-state index is -0.468. The van der Waals surface area contributed by atoms with E-state index in [9.17, 15) is 9.59 Å². The highest BCUT2D eigenvalue weighted by Crippen LogP contribution is 2.41. The molecule has 5 heteroatoms. The molecule has 1 aromatic carbocycles. The van der Waals surface area contributed by atoms with Gasteiger partial charge in [-0.1, -0.05) is 70.9 Å². The standard InChI is InChI=1S/C27H41NO3S/c1-3-5-7-9-12-21-15-17-22(18-16-21)25(29)28-24(27(30)31-19-6-4-2)20-32-26(28)23-13-10-8-11-14-23/h15-18,23-24,26H,3-14,19-20H2,1-2H3/t24-,26+/m1/s1. The van der Waals surface area contributed by atoms with E-state index in [4.69, 9.17) is 4.74 Å². The molecule has 1 amide bonds. The van der Waals surface area contributed by atoms with E-state index in [2.05, 4.69) is 26.0 Å². The molecule has 1 saturated heterocycles. The van der Waals surface area contributed by atoms with Crippen LogP contribution < -0.4 is 0 Å². The molecule has 1 aliphatic carbocycles. The molecule has 1 saturated carbocycles. The van der Waals surface area contributed by atoms with E-state index in [-0.39, 0.29) is 17.3 Å². The second kappa shape index (κ2) is 13.3. The third-order valence-corrected chi connectivity index (χ3v) is 8.32. The Kier molecular flexibility index (Phi) is 10.4. The molecule has 32 heavy (non-hydrogen) atoms. The van der Waals surface area contributed by atoms with Crippen LogP contribution in [0.3, 0.4) is 0 Å². The zero-order valence-electron chi connectivity index (χ0n) is 20.0. The Labute approximate surface area is 198 Å². The second-order valence-corrected chi connectivity index (χ2v) is 10.5. The number of benzene rings is 1. The molecular formula is C27H41NO3S. The third-order valence-electron chi connectivity index (χ3n) is 6.86. The molecule has 0 bridgehead atoms.